The molecular formula is C22H24F2N2O4S. The van der Waals surface area contributed by atoms with Crippen LogP contribution in [0.4, 0.5) is 13.6 Å². The second-order valence-corrected chi connectivity index (χ2v) is 10.3. The molecule has 1 aliphatic heterocycles. The van der Waals surface area contributed by atoms with E-state index in [-0.39, 0.29) is 18.5 Å². The number of nitrogens with zero attached hydrogens (tertiary/aromatic N) is 1. The summed E-state index contributed by atoms with van der Waals surface area (Å²) < 4.78 is 56.0. The number of halogens is 2. The molecule has 6 nitrogen and oxygen atoms in total. The smallest absolute Gasteiger partial charge is 0.407 e. The lowest BCUT2D eigenvalue weighted by Crippen LogP contribution is -2.50. The van der Waals surface area contributed by atoms with Crippen molar-refractivity contribution in [3.8, 4) is 11.1 Å². The number of benzene rings is 2. The second-order valence-electron chi connectivity index (χ2n) is 8.37. The van der Waals surface area contributed by atoms with Crippen LogP contribution in [0.5, 0.6) is 0 Å². The van der Waals surface area contributed by atoms with E-state index in [1.165, 1.54) is 0 Å². The SMILES string of the molecule is CC(F)S(=O)(=O)NC1C(Cc2cccc(-c3ccccc3)c2F)N(C(=O)O)CC12CC2. The summed E-state index contributed by atoms with van der Waals surface area (Å²) in [5.74, 6) is -0.476. The average molecular weight is 451 g/mol. The first-order valence-corrected chi connectivity index (χ1v) is 11.7. The van der Waals surface area contributed by atoms with Gasteiger partial charge >= 0.3 is 6.09 Å². The largest absolute Gasteiger partial charge is 0.465 e. The number of likely N-dealkylation sites (tertiary alicyclic amines) is 1. The first kappa shape index (κ1) is 21.7. The molecule has 1 amide bonds. The summed E-state index contributed by atoms with van der Waals surface area (Å²) in [7, 11) is -4.28. The molecule has 1 saturated carbocycles. The van der Waals surface area contributed by atoms with Crippen molar-refractivity contribution >= 4 is 16.1 Å². The Morgan fingerprint density at radius 3 is 2.48 bits per heavy atom. The number of carbonyl (C=O) groups is 1. The summed E-state index contributed by atoms with van der Waals surface area (Å²) in [6, 6.07) is 12.2. The lowest BCUT2D eigenvalue weighted by Gasteiger charge is -2.28. The van der Waals surface area contributed by atoms with Crippen molar-refractivity contribution in [2.75, 3.05) is 6.54 Å². The van der Waals surface area contributed by atoms with Crippen molar-refractivity contribution in [2.45, 2.75) is 43.8 Å². The van der Waals surface area contributed by atoms with Gasteiger partial charge in [-0.3, -0.25) is 0 Å². The van der Waals surface area contributed by atoms with Crippen molar-refractivity contribution in [1.82, 2.24) is 9.62 Å². The lowest BCUT2D eigenvalue weighted by atomic mass is 9.91. The Bertz CT molecular complexity index is 1090. The summed E-state index contributed by atoms with van der Waals surface area (Å²) in [5.41, 5.74) is -1.36. The molecule has 3 atom stereocenters. The predicted molar refractivity (Wildman–Crippen MR) is 112 cm³/mol. The predicted octanol–water partition coefficient (Wildman–Crippen LogP) is 3.78. The maximum atomic E-state index is 15.4. The molecule has 2 aliphatic rings. The van der Waals surface area contributed by atoms with E-state index in [2.05, 4.69) is 4.72 Å². The van der Waals surface area contributed by atoms with E-state index in [9.17, 15) is 22.7 Å². The van der Waals surface area contributed by atoms with Crippen molar-refractivity contribution in [3.63, 3.8) is 0 Å². The Morgan fingerprint density at radius 2 is 1.90 bits per heavy atom. The third kappa shape index (κ3) is 4.04. The Kier molecular flexibility index (Phi) is 5.51. The van der Waals surface area contributed by atoms with E-state index in [1.807, 2.05) is 6.07 Å². The van der Waals surface area contributed by atoms with Crippen molar-refractivity contribution in [2.24, 2.45) is 5.41 Å². The highest BCUT2D eigenvalue weighted by Gasteiger charge is 2.61. The van der Waals surface area contributed by atoms with E-state index in [4.69, 9.17) is 0 Å². The summed E-state index contributed by atoms with van der Waals surface area (Å²) >= 11 is 0. The zero-order valence-electron chi connectivity index (χ0n) is 17.0. The number of nitrogens with one attached hydrogen (secondary N) is 1. The van der Waals surface area contributed by atoms with Gasteiger partial charge in [0, 0.05) is 17.5 Å². The van der Waals surface area contributed by atoms with Gasteiger partial charge in [0.1, 0.15) is 5.82 Å². The fourth-order valence-corrected chi connectivity index (χ4v) is 5.44. The van der Waals surface area contributed by atoms with Crippen LogP contribution in [0.15, 0.2) is 48.5 Å². The molecular weight excluding hydrogens is 426 g/mol. The molecule has 2 N–H and O–H groups in total. The second kappa shape index (κ2) is 7.87. The zero-order valence-corrected chi connectivity index (χ0v) is 17.8. The molecule has 4 rings (SSSR count). The molecule has 1 heterocycles. The van der Waals surface area contributed by atoms with Crippen LogP contribution in [0.25, 0.3) is 11.1 Å². The van der Waals surface area contributed by atoms with Crippen molar-refractivity contribution in [1.29, 1.82) is 0 Å². The van der Waals surface area contributed by atoms with Gasteiger partial charge in [-0.05, 0) is 37.3 Å². The average Bonchev–Trinajstić information content (AvgIpc) is 3.45. The van der Waals surface area contributed by atoms with Crippen LogP contribution < -0.4 is 4.72 Å². The standard InChI is InChI=1S/C22H24F2N2O4S/c1-14(23)31(29,30)25-20-18(26(21(27)28)13-22(20)10-11-22)12-16-8-5-9-17(19(16)24)15-6-3-2-4-7-15/h2-9,14,18,20,25H,10-13H2,1H3,(H,27,28). The molecule has 9 heteroatoms. The third-order valence-corrected chi connectivity index (χ3v) is 7.82. The Morgan fingerprint density at radius 1 is 1.23 bits per heavy atom. The minimum Gasteiger partial charge on any atom is -0.465 e. The van der Waals surface area contributed by atoms with Gasteiger partial charge < -0.3 is 10.0 Å². The van der Waals surface area contributed by atoms with Gasteiger partial charge in [0.05, 0.1) is 12.1 Å². The molecule has 1 aliphatic carbocycles. The summed E-state index contributed by atoms with van der Waals surface area (Å²) in [4.78, 5) is 13.1. The molecule has 2 aromatic carbocycles. The number of rotatable bonds is 6. The van der Waals surface area contributed by atoms with Gasteiger partial charge in [0.2, 0.25) is 15.5 Å². The highest BCUT2D eigenvalue weighted by Crippen LogP contribution is 2.55. The summed E-state index contributed by atoms with van der Waals surface area (Å²) in [5, 5.41) is 9.73. The van der Waals surface area contributed by atoms with Crippen LogP contribution in [0.1, 0.15) is 25.3 Å². The number of hydrogen-bond donors (Lipinski definition) is 2. The molecule has 1 spiro atoms. The van der Waals surface area contributed by atoms with Crippen LogP contribution in [-0.4, -0.2) is 48.6 Å². The molecule has 0 aromatic heterocycles. The number of sulfonamides is 1. The number of carboxylic acid groups (broad SMARTS) is 1. The van der Waals surface area contributed by atoms with E-state index < -0.39 is 44.9 Å². The monoisotopic (exact) mass is 450 g/mol. The van der Waals surface area contributed by atoms with Gasteiger partial charge in [-0.25, -0.2) is 26.7 Å². The fraction of sp³-hybridized carbons (Fsp3) is 0.409. The quantitative estimate of drug-likeness (QED) is 0.701. The molecule has 2 aromatic rings. The zero-order chi connectivity index (χ0) is 22.4. The Labute approximate surface area is 179 Å². The van der Waals surface area contributed by atoms with Crippen molar-refractivity contribution < 1.29 is 27.1 Å². The highest BCUT2D eigenvalue weighted by molar-refractivity contribution is 7.89. The molecule has 0 bridgehead atoms. The number of hydrogen-bond acceptors (Lipinski definition) is 3. The van der Waals surface area contributed by atoms with Gasteiger partial charge in [0.15, 0.2) is 0 Å². The molecule has 3 unspecified atom stereocenters. The normalized spacial score (nSPS) is 23.1. The topological polar surface area (TPSA) is 86.7 Å². The van der Waals surface area contributed by atoms with Gasteiger partial charge in [0.25, 0.3) is 0 Å². The minimum absolute atomic E-state index is 0.0194. The maximum absolute atomic E-state index is 15.4. The van der Waals surface area contributed by atoms with E-state index in [1.54, 1.807) is 42.5 Å². The minimum atomic E-state index is -4.28. The van der Waals surface area contributed by atoms with E-state index in [0.29, 0.717) is 24.0 Å². The molecule has 2 fully saturated rings. The van der Waals surface area contributed by atoms with Crippen LogP contribution in [-0.2, 0) is 16.4 Å². The van der Waals surface area contributed by atoms with Gasteiger partial charge in [-0.15, -0.1) is 0 Å². The fourth-order valence-electron chi connectivity index (χ4n) is 4.49. The van der Waals surface area contributed by atoms with E-state index >= 15 is 4.39 Å². The lowest BCUT2D eigenvalue weighted by molar-refractivity contribution is 0.136. The first-order valence-electron chi connectivity index (χ1n) is 10.1. The molecule has 166 valence electrons. The third-order valence-electron chi connectivity index (χ3n) is 6.38. The van der Waals surface area contributed by atoms with Crippen LogP contribution in [0.3, 0.4) is 0 Å². The highest BCUT2D eigenvalue weighted by atomic mass is 32.2. The molecule has 0 radical (unpaired) electrons. The van der Waals surface area contributed by atoms with Gasteiger partial charge in [-0.2, -0.15) is 0 Å². The first-order chi connectivity index (χ1) is 14.6. The number of alkyl halides is 1. The maximum Gasteiger partial charge on any atom is 0.407 e. The number of amides is 1. The van der Waals surface area contributed by atoms with Crippen LogP contribution >= 0.6 is 0 Å². The van der Waals surface area contributed by atoms with Gasteiger partial charge in [-0.1, -0.05) is 48.5 Å². The van der Waals surface area contributed by atoms with Crippen LogP contribution in [0.2, 0.25) is 0 Å². The van der Waals surface area contributed by atoms with Crippen LogP contribution in [0, 0.1) is 11.2 Å². The Hall–Kier alpha value is -2.52. The summed E-state index contributed by atoms with van der Waals surface area (Å²) in [6.07, 6.45) is 0.0429. The van der Waals surface area contributed by atoms with E-state index in [0.717, 1.165) is 11.8 Å². The Balaban J connectivity index is 1.70. The molecule has 31 heavy (non-hydrogen) atoms. The summed E-state index contributed by atoms with van der Waals surface area (Å²) in [6.45, 7) is 1.06. The van der Waals surface area contributed by atoms with Crippen molar-refractivity contribution in [3.05, 3.63) is 59.9 Å². The molecule has 1 saturated heterocycles.